The van der Waals surface area contributed by atoms with Crippen LogP contribution in [0.25, 0.3) is 16.8 Å². The molecule has 1 amide bonds. The molecule has 32 heavy (non-hydrogen) atoms. The third-order valence-electron chi connectivity index (χ3n) is 5.48. The summed E-state index contributed by atoms with van der Waals surface area (Å²) in [4.78, 5) is 18.6. The van der Waals surface area contributed by atoms with Crippen molar-refractivity contribution in [3.63, 3.8) is 0 Å². The number of morpholine rings is 1. The minimum Gasteiger partial charge on any atom is -0.382 e. The fourth-order valence-corrected chi connectivity index (χ4v) is 4.69. The fourth-order valence-electron chi connectivity index (χ4n) is 3.84. The first kappa shape index (κ1) is 21.7. The number of hydrogen-bond donors (Lipinski definition) is 1. The predicted molar refractivity (Wildman–Crippen MR) is 118 cm³/mol. The molecule has 10 nitrogen and oxygen atoms in total. The van der Waals surface area contributed by atoms with Crippen LogP contribution in [0, 0.1) is 11.3 Å². The third kappa shape index (κ3) is 3.37. The van der Waals surface area contributed by atoms with Gasteiger partial charge in [-0.3, -0.25) is 4.79 Å². The molecule has 2 N–H and O–H groups in total. The molecule has 3 aromatic rings. The summed E-state index contributed by atoms with van der Waals surface area (Å²) in [7, 11) is -3.65. The molecule has 11 heteroatoms. The Kier molecular flexibility index (Phi) is 4.95. The van der Waals surface area contributed by atoms with Crippen molar-refractivity contribution >= 4 is 32.8 Å². The maximum absolute atomic E-state index is 13.2. The Balaban J connectivity index is 1.99. The lowest BCUT2D eigenvalue weighted by atomic mass is 10.0. The van der Waals surface area contributed by atoms with E-state index >= 15 is 0 Å². The fraction of sp³-hybridized carbons (Fsp3) is 0.333. The molecule has 166 valence electrons. The number of benzene rings is 1. The third-order valence-corrected chi connectivity index (χ3v) is 6.62. The highest BCUT2D eigenvalue weighted by Crippen LogP contribution is 2.37. The van der Waals surface area contributed by atoms with Crippen LogP contribution in [0.15, 0.2) is 35.5 Å². The summed E-state index contributed by atoms with van der Waals surface area (Å²) in [6.07, 6.45) is 2.37. The van der Waals surface area contributed by atoms with Crippen LogP contribution in [0.3, 0.4) is 0 Å². The van der Waals surface area contributed by atoms with E-state index in [0.29, 0.717) is 16.8 Å². The van der Waals surface area contributed by atoms with E-state index in [1.165, 1.54) is 21.8 Å². The molecule has 1 atom stereocenters. The first-order chi connectivity index (χ1) is 15.0. The van der Waals surface area contributed by atoms with Gasteiger partial charge in [-0.15, -0.1) is 0 Å². The van der Waals surface area contributed by atoms with Gasteiger partial charge < -0.3 is 15.4 Å². The van der Waals surface area contributed by atoms with Crippen molar-refractivity contribution in [2.45, 2.75) is 37.3 Å². The molecule has 1 saturated heterocycles. The van der Waals surface area contributed by atoms with Gasteiger partial charge in [-0.05, 0) is 39.0 Å². The standard InChI is InChI=1S/C21H22N6O4S/c1-12-10-31-21(2,3)20(28)26(12)16-7-13(5-6-17(16)32(4,29)30)15-8-14(9-22)18-19(23)24-11-25-27(15)18/h5-8,11-12H,10H2,1-4H3,(H2,23,24,25)/t12-/m1/s1. The van der Waals surface area contributed by atoms with Gasteiger partial charge in [-0.25, -0.2) is 17.9 Å². The number of rotatable bonds is 3. The molecule has 0 unspecified atom stereocenters. The average Bonchev–Trinajstić information content (AvgIpc) is 3.11. The Labute approximate surface area is 185 Å². The predicted octanol–water partition coefficient (Wildman–Crippen LogP) is 1.78. The summed E-state index contributed by atoms with van der Waals surface area (Å²) in [5, 5.41) is 13.7. The normalized spacial score (nSPS) is 18.7. The lowest BCUT2D eigenvalue weighted by molar-refractivity contribution is -0.147. The van der Waals surface area contributed by atoms with E-state index in [-0.39, 0.29) is 40.5 Å². The first-order valence-electron chi connectivity index (χ1n) is 9.80. The largest absolute Gasteiger partial charge is 0.382 e. The average molecular weight is 455 g/mol. The number of nitrogen functional groups attached to an aromatic ring is 1. The number of nitrogens with zero attached hydrogens (tertiary/aromatic N) is 5. The van der Waals surface area contributed by atoms with Crippen molar-refractivity contribution in [3.05, 3.63) is 36.2 Å². The number of ether oxygens (including phenoxy) is 1. The Morgan fingerprint density at radius 1 is 1.31 bits per heavy atom. The minimum atomic E-state index is -3.65. The Bertz CT molecular complexity index is 1400. The lowest BCUT2D eigenvalue weighted by Gasteiger charge is -2.42. The van der Waals surface area contributed by atoms with Crippen LogP contribution in [0.2, 0.25) is 0 Å². The van der Waals surface area contributed by atoms with Gasteiger partial charge in [0, 0.05) is 11.8 Å². The van der Waals surface area contributed by atoms with Crippen molar-refractivity contribution < 1.29 is 17.9 Å². The van der Waals surface area contributed by atoms with Crippen LogP contribution in [-0.4, -0.2) is 53.4 Å². The van der Waals surface area contributed by atoms with E-state index in [1.54, 1.807) is 39.0 Å². The van der Waals surface area contributed by atoms with Crippen molar-refractivity contribution in [1.82, 2.24) is 14.6 Å². The molecule has 0 spiro atoms. The van der Waals surface area contributed by atoms with Gasteiger partial charge >= 0.3 is 0 Å². The van der Waals surface area contributed by atoms with E-state index in [2.05, 4.69) is 16.2 Å². The van der Waals surface area contributed by atoms with E-state index in [9.17, 15) is 18.5 Å². The van der Waals surface area contributed by atoms with E-state index in [4.69, 9.17) is 10.5 Å². The number of fused-ring (bicyclic) bond motifs is 1. The molecule has 0 bridgehead atoms. The van der Waals surface area contributed by atoms with Gasteiger partial charge in [0.1, 0.15) is 23.5 Å². The molecule has 2 aromatic heterocycles. The number of nitriles is 1. The Morgan fingerprint density at radius 2 is 2.03 bits per heavy atom. The minimum absolute atomic E-state index is 0.0228. The summed E-state index contributed by atoms with van der Waals surface area (Å²) >= 11 is 0. The van der Waals surface area contributed by atoms with Gasteiger partial charge in [0.05, 0.1) is 34.5 Å². The molecular formula is C21H22N6O4S. The van der Waals surface area contributed by atoms with Gasteiger partial charge in [0.15, 0.2) is 15.7 Å². The van der Waals surface area contributed by atoms with Crippen LogP contribution >= 0.6 is 0 Å². The van der Waals surface area contributed by atoms with Crippen molar-refractivity contribution in [2.75, 3.05) is 23.5 Å². The highest BCUT2D eigenvalue weighted by molar-refractivity contribution is 7.90. The molecule has 4 rings (SSSR count). The number of anilines is 2. The SMILES string of the molecule is C[C@@H]1COC(C)(C)C(=O)N1c1cc(-c2cc(C#N)c3c(N)ncnn23)ccc1S(C)(=O)=O. The number of amides is 1. The van der Waals surface area contributed by atoms with Crippen LogP contribution in [-0.2, 0) is 19.4 Å². The van der Waals surface area contributed by atoms with E-state index in [0.717, 1.165) is 6.26 Å². The summed E-state index contributed by atoms with van der Waals surface area (Å²) in [5.74, 6) is -0.197. The molecule has 0 aliphatic carbocycles. The zero-order valence-corrected chi connectivity index (χ0v) is 18.8. The maximum Gasteiger partial charge on any atom is 0.259 e. The van der Waals surface area contributed by atoms with Crippen molar-refractivity contribution in [3.8, 4) is 17.3 Å². The van der Waals surface area contributed by atoms with E-state index in [1.807, 2.05) is 0 Å². The van der Waals surface area contributed by atoms with Crippen LogP contribution in [0.5, 0.6) is 0 Å². The van der Waals surface area contributed by atoms with Gasteiger partial charge in [-0.2, -0.15) is 10.4 Å². The summed E-state index contributed by atoms with van der Waals surface area (Å²) in [6, 6.07) is 7.99. The zero-order valence-electron chi connectivity index (χ0n) is 18.0. The first-order valence-corrected chi connectivity index (χ1v) is 11.7. The molecular weight excluding hydrogens is 432 g/mol. The van der Waals surface area contributed by atoms with Crippen molar-refractivity contribution in [2.24, 2.45) is 0 Å². The number of carbonyl (C=O) groups excluding carboxylic acids is 1. The van der Waals surface area contributed by atoms with Gasteiger partial charge in [-0.1, -0.05) is 6.07 Å². The molecule has 1 aliphatic heterocycles. The van der Waals surface area contributed by atoms with Crippen LogP contribution in [0.1, 0.15) is 26.3 Å². The summed E-state index contributed by atoms with van der Waals surface area (Å²) in [6.45, 7) is 5.35. The second-order valence-corrected chi connectivity index (χ2v) is 10.2. The number of hydrogen-bond acceptors (Lipinski definition) is 8. The second-order valence-electron chi connectivity index (χ2n) is 8.26. The van der Waals surface area contributed by atoms with Crippen molar-refractivity contribution in [1.29, 1.82) is 5.26 Å². The quantitative estimate of drug-likeness (QED) is 0.631. The monoisotopic (exact) mass is 454 g/mol. The number of sulfone groups is 1. The lowest BCUT2D eigenvalue weighted by Crippen LogP contribution is -2.58. The number of nitrogens with two attached hydrogens (primary N) is 1. The number of carbonyl (C=O) groups is 1. The second kappa shape index (κ2) is 7.29. The maximum atomic E-state index is 13.2. The molecule has 3 heterocycles. The topological polar surface area (TPSA) is 144 Å². The molecule has 0 radical (unpaired) electrons. The van der Waals surface area contributed by atoms with Gasteiger partial charge in [0.25, 0.3) is 5.91 Å². The Morgan fingerprint density at radius 3 is 2.69 bits per heavy atom. The van der Waals surface area contributed by atoms with Crippen LogP contribution in [0.4, 0.5) is 11.5 Å². The molecule has 1 aromatic carbocycles. The molecule has 0 saturated carbocycles. The smallest absolute Gasteiger partial charge is 0.259 e. The molecule has 1 fully saturated rings. The Hall–Kier alpha value is -3.49. The summed E-state index contributed by atoms with van der Waals surface area (Å²) in [5.41, 5.74) is 6.80. The highest BCUT2D eigenvalue weighted by Gasteiger charge is 2.42. The van der Waals surface area contributed by atoms with Crippen LogP contribution < -0.4 is 10.6 Å². The highest BCUT2D eigenvalue weighted by atomic mass is 32.2. The number of aromatic nitrogens is 3. The summed E-state index contributed by atoms with van der Waals surface area (Å²) < 4.78 is 32.3. The van der Waals surface area contributed by atoms with Gasteiger partial charge in [0.2, 0.25) is 0 Å². The zero-order chi connectivity index (χ0) is 23.4. The van der Waals surface area contributed by atoms with E-state index < -0.39 is 15.4 Å². The molecule has 1 aliphatic rings.